The number of morpholine rings is 1. The summed E-state index contributed by atoms with van der Waals surface area (Å²) in [5.41, 5.74) is 10.5. The van der Waals surface area contributed by atoms with Crippen LogP contribution in [0.2, 0.25) is 0 Å². The fourth-order valence-electron chi connectivity index (χ4n) is 2.08. The Morgan fingerprint density at radius 1 is 1.47 bits per heavy atom. The van der Waals surface area contributed by atoms with Gasteiger partial charge in [0.05, 0.1) is 26.4 Å². The van der Waals surface area contributed by atoms with E-state index in [2.05, 4.69) is 26.4 Å². The van der Waals surface area contributed by atoms with Crippen LogP contribution in [0.5, 0.6) is 5.75 Å². The van der Waals surface area contributed by atoms with Crippen LogP contribution in [0.3, 0.4) is 0 Å². The summed E-state index contributed by atoms with van der Waals surface area (Å²) in [6.07, 6.45) is 0. The van der Waals surface area contributed by atoms with Crippen molar-refractivity contribution < 1.29 is 9.47 Å². The normalized spacial score (nSPS) is 18.3. The lowest BCUT2D eigenvalue weighted by molar-refractivity contribution is 0.00398. The number of hydrogen-bond donors (Lipinski definition) is 2. The van der Waals surface area contributed by atoms with Gasteiger partial charge >= 0.3 is 0 Å². The molecule has 0 spiro atoms. The summed E-state index contributed by atoms with van der Waals surface area (Å²) in [6, 6.07) is 5.98. The average molecular weight is 330 g/mol. The molecule has 0 aromatic heterocycles. The zero-order valence-electron chi connectivity index (χ0n) is 11.1. The van der Waals surface area contributed by atoms with Crippen molar-refractivity contribution in [3.05, 3.63) is 28.2 Å². The molecule has 5 nitrogen and oxygen atoms in total. The van der Waals surface area contributed by atoms with Crippen LogP contribution in [-0.2, 0) is 4.74 Å². The Morgan fingerprint density at radius 2 is 2.21 bits per heavy atom. The van der Waals surface area contributed by atoms with E-state index in [-0.39, 0.29) is 6.04 Å². The largest absolute Gasteiger partial charge is 0.497 e. The zero-order valence-corrected chi connectivity index (χ0v) is 12.6. The minimum Gasteiger partial charge on any atom is -0.497 e. The number of benzene rings is 1. The number of nitrogens with one attached hydrogen (secondary N) is 1. The zero-order chi connectivity index (χ0) is 13.7. The van der Waals surface area contributed by atoms with Crippen LogP contribution in [0.25, 0.3) is 0 Å². The molecular weight excluding hydrogens is 310 g/mol. The molecule has 1 aromatic rings. The molecule has 1 heterocycles. The molecule has 106 valence electrons. The molecule has 0 aliphatic carbocycles. The number of hydrazine groups is 1. The van der Waals surface area contributed by atoms with Crippen molar-refractivity contribution in [3.8, 4) is 5.75 Å². The molecule has 6 heteroatoms. The van der Waals surface area contributed by atoms with E-state index in [0.29, 0.717) is 6.54 Å². The van der Waals surface area contributed by atoms with Crippen molar-refractivity contribution in [2.45, 2.75) is 6.04 Å². The SMILES string of the molecule is COc1ccc(Br)c(C(CN)NN2CCOCC2)c1. The van der Waals surface area contributed by atoms with Gasteiger partial charge in [0.25, 0.3) is 0 Å². The van der Waals surface area contributed by atoms with Crippen LogP contribution in [0.4, 0.5) is 0 Å². The number of halogens is 1. The van der Waals surface area contributed by atoms with Gasteiger partial charge in [-0.15, -0.1) is 0 Å². The van der Waals surface area contributed by atoms with Gasteiger partial charge < -0.3 is 15.2 Å². The van der Waals surface area contributed by atoms with E-state index < -0.39 is 0 Å². The van der Waals surface area contributed by atoms with Crippen molar-refractivity contribution in [3.63, 3.8) is 0 Å². The van der Waals surface area contributed by atoms with Gasteiger partial charge in [-0.1, -0.05) is 15.9 Å². The van der Waals surface area contributed by atoms with Crippen LogP contribution in [0.15, 0.2) is 22.7 Å². The van der Waals surface area contributed by atoms with Gasteiger partial charge in [-0.25, -0.2) is 10.4 Å². The summed E-state index contributed by atoms with van der Waals surface area (Å²) in [7, 11) is 1.67. The van der Waals surface area contributed by atoms with Gasteiger partial charge in [0.2, 0.25) is 0 Å². The Bertz CT molecular complexity index is 411. The first-order chi connectivity index (χ1) is 9.24. The molecule has 2 rings (SSSR count). The van der Waals surface area contributed by atoms with E-state index in [9.17, 15) is 0 Å². The molecule has 0 saturated carbocycles. The summed E-state index contributed by atoms with van der Waals surface area (Å²) in [4.78, 5) is 0. The van der Waals surface area contributed by atoms with E-state index in [1.165, 1.54) is 0 Å². The summed E-state index contributed by atoms with van der Waals surface area (Å²) in [5.74, 6) is 0.834. The van der Waals surface area contributed by atoms with Crippen molar-refractivity contribution in [1.82, 2.24) is 10.4 Å². The topological polar surface area (TPSA) is 59.8 Å². The van der Waals surface area contributed by atoms with Crippen molar-refractivity contribution in [1.29, 1.82) is 0 Å². The van der Waals surface area contributed by atoms with Gasteiger partial charge in [-0.05, 0) is 23.8 Å². The van der Waals surface area contributed by atoms with Crippen LogP contribution < -0.4 is 15.9 Å². The number of nitrogens with zero attached hydrogens (tertiary/aromatic N) is 1. The third-order valence-corrected chi connectivity index (χ3v) is 3.89. The highest BCUT2D eigenvalue weighted by Gasteiger charge is 2.18. The Labute approximate surface area is 122 Å². The van der Waals surface area contributed by atoms with Gasteiger partial charge in [0.1, 0.15) is 5.75 Å². The fourth-order valence-corrected chi connectivity index (χ4v) is 2.60. The molecule has 0 radical (unpaired) electrons. The minimum atomic E-state index is 0.0579. The second-order valence-electron chi connectivity index (χ2n) is 4.40. The molecule has 0 bridgehead atoms. The quantitative estimate of drug-likeness (QED) is 0.852. The second-order valence-corrected chi connectivity index (χ2v) is 5.26. The second kappa shape index (κ2) is 7.21. The average Bonchev–Trinajstić information content (AvgIpc) is 2.47. The van der Waals surface area contributed by atoms with E-state index in [1.54, 1.807) is 7.11 Å². The molecule has 0 amide bonds. The monoisotopic (exact) mass is 329 g/mol. The summed E-state index contributed by atoms with van der Waals surface area (Å²) < 4.78 is 11.6. The number of rotatable bonds is 5. The highest BCUT2D eigenvalue weighted by atomic mass is 79.9. The fraction of sp³-hybridized carbons (Fsp3) is 0.538. The standard InChI is InChI=1S/C13H20BrN3O2/c1-18-10-2-3-12(14)11(8-10)13(9-15)16-17-4-6-19-7-5-17/h2-3,8,13,16H,4-7,9,15H2,1H3. The number of nitrogens with two attached hydrogens (primary N) is 1. The van der Waals surface area contributed by atoms with Gasteiger partial charge in [-0.3, -0.25) is 0 Å². The predicted molar refractivity (Wildman–Crippen MR) is 78.0 cm³/mol. The number of ether oxygens (including phenoxy) is 2. The molecular formula is C13H20BrN3O2. The maximum absolute atomic E-state index is 5.90. The summed E-state index contributed by atoms with van der Waals surface area (Å²) in [5, 5.41) is 2.16. The number of hydrogen-bond acceptors (Lipinski definition) is 5. The van der Waals surface area contributed by atoms with E-state index in [1.807, 2.05) is 18.2 Å². The highest BCUT2D eigenvalue weighted by Crippen LogP contribution is 2.27. The van der Waals surface area contributed by atoms with Crippen LogP contribution in [0.1, 0.15) is 11.6 Å². The van der Waals surface area contributed by atoms with E-state index in [0.717, 1.165) is 42.1 Å². The molecule has 1 aromatic carbocycles. The maximum Gasteiger partial charge on any atom is 0.119 e. The minimum absolute atomic E-state index is 0.0579. The highest BCUT2D eigenvalue weighted by molar-refractivity contribution is 9.10. The van der Waals surface area contributed by atoms with E-state index >= 15 is 0 Å². The first kappa shape index (κ1) is 14.7. The van der Waals surface area contributed by atoms with E-state index in [4.69, 9.17) is 15.2 Å². The van der Waals surface area contributed by atoms with Crippen LogP contribution in [0, 0.1) is 0 Å². The summed E-state index contributed by atoms with van der Waals surface area (Å²) in [6.45, 7) is 3.77. The van der Waals surface area contributed by atoms with Crippen molar-refractivity contribution >= 4 is 15.9 Å². The molecule has 1 unspecified atom stereocenters. The molecule has 1 aliphatic rings. The smallest absolute Gasteiger partial charge is 0.119 e. The molecule has 3 N–H and O–H groups in total. The molecule has 19 heavy (non-hydrogen) atoms. The predicted octanol–water partition coefficient (Wildman–Crippen LogP) is 1.29. The maximum atomic E-state index is 5.90. The van der Waals surface area contributed by atoms with Crippen LogP contribution >= 0.6 is 15.9 Å². The van der Waals surface area contributed by atoms with Gasteiger partial charge in [0.15, 0.2) is 0 Å². The Hall–Kier alpha value is -0.660. The lowest BCUT2D eigenvalue weighted by Crippen LogP contribution is -2.48. The Kier molecular flexibility index (Phi) is 5.59. The first-order valence-corrected chi connectivity index (χ1v) is 7.16. The molecule has 1 aliphatic heterocycles. The lowest BCUT2D eigenvalue weighted by Gasteiger charge is -2.31. The molecule has 1 atom stereocenters. The van der Waals surface area contributed by atoms with Gasteiger partial charge in [0, 0.05) is 24.1 Å². The summed E-state index contributed by atoms with van der Waals surface area (Å²) >= 11 is 3.57. The Balaban J connectivity index is 2.11. The molecule has 1 fully saturated rings. The van der Waals surface area contributed by atoms with Gasteiger partial charge in [-0.2, -0.15) is 0 Å². The first-order valence-electron chi connectivity index (χ1n) is 6.37. The third-order valence-electron chi connectivity index (χ3n) is 3.16. The van der Waals surface area contributed by atoms with Crippen LogP contribution in [-0.4, -0.2) is 45.0 Å². The molecule has 1 saturated heterocycles. The number of methoxy groups -OCH3 is 1. The van der Waals surface area contributed by atoms with Crippen molar-refractivity contribution in [2.75, 3.05) is 40.0 Å². The Morgan fingerprint density at radius 3 is 2.84 bits per heavy atom. The lowest BCUT2D eigenvalue weighted by atomic mass is 10.1. The van der Waals surface area contributed by atoms with Crippen molar-refractivity contribution in [2.24, 2.45) is 5.73 Å². The third kappa shape index (κ3) is 3.90.